The summed E-state index contributed by atoms with van der Waals surface area (Å²) in [4.78, 5) is 167. The molecule has 0 radical (unpaired) electrons. The molecule has 27 heteroatoms. The van der Waals surface area contributed by atoms with E-state index in [1.807, 2.05) is 49.4 Å². The smallest absolute Gasteiger partial charge is 0.159 e. The van der Waals surface area contributed by atoms with Crippen molar-refractivity contribution in [1.29, 1.82) is 0 Å². The number of unbranched alkanes of at least 4 members (excludes halogenated alkanes) is 10. The first-order chi connectivity index (χ1) is 57.0. The standard InChI is InChI=1S/C12H22O2.C10H10O2.C10H18O2.C9H12O2.C8H14O4.C8H10O2.C8H14O2.C7H12O2.C6H10O3.C6H14O2.C6H10O2.C4H10O2.4CH4/c1-11(13)9-7-5-3-4-6-8-10-12(2)14;1-7(11)9-3-5-10(6-4-9)8(2)12;1-9(11)7-5-3-4-6-8-10(2)12;1-7-6-8(10-2)4-5-9(7)11-3;1-7(9)5-11-3-4-12-6-8(2)10;1-9-7-3-5-8(10-2)6-4-7;1-7(9)5-3-4-6-8(2)10;1-6(8)4-3-5-7(2)9;1-5(7)3-9-4-6(2)8;1-7-5-3-4-6-8-2;1-5(7)3-4-6(2)8;1-5-3-4-6-2;;;;/h3-10H2,1-2H3;3-6H,1-2H3;3-8H2,1-2H3;4-6H,1-3H3;3-6H2,1-2H3;3-6H,1-2H3;3-6H2,1-2H3;3-5H2,1-2H3;3-4H2,1-2H3;3-6H2,1-2H3;3-4H2,1-2H3;3-4H2,1-2H3;4*1H4. The summed E-state index contributed by atoms with van der Waals surface area (Å²) in [6, 6.07) is 19.8. The number of hydrogen-bond acceptors (Lipinski definition) is 27. The van der Waals surface area contributed by atoms with Crippen molar-refractivity contribution in [3.05, 3.63) is 83.4 Å². The Hall–Kier alpha value is -8.70. The number of methoxy groups -OCH3 is 8. The fraction of sp³-hybridized carbons (Fsp3) is 0.653. The van der Waals surface area contributed by atoms with Crippen LogP contribution in [0.2, 0.25) is 0 Å². The van der Waals surface area contributed by atoms with Gasteiger partial charge in [0.2, 0.25) is 0 Å². The average Bonchev–Trinajstić information content (AvgIpc) is 0.892. The quantitative estimate of drug-likeness (QED) is 0.0374. The van der Waals surface area contributed by atoms with E-state index in [2.05, 4.69) is 14.2 Å². The van der Waals surface area contributed by atoms with Crippen molar-refractivity contribution in [2.45, 2.75) is 308 Å². The molecule has 0 aliphatic carbocycles. The van der Waals surface area contributed by atoms with Gasteiger partial charge in [-0.05, 0) is 224 Å². The minimum absolute atomic E-state index is 0. The zero-order chi connectivity index (χ0) is 94.6. The number of ether oxygens (including phenoxy) is 11. The molecule has 0 N–H and O–H groups in total. The van der Waals surface area contributed by atoms with Crippen LogP contribution in [0.5, 0.6) is 23.0 Å². The average molecular weight is 1780 g/mol. The maximum atomic E-state index is 10.8. The van der Waals surface area contributed by atoms with Gasteiger partial charge >= 0.3 is 0 Å². The molecule has 27 nitrogen and oxygen atoms in total. The van der Waals surface area contributed by atoms with Gasteiger partial charge < -0.3 is 100 Å². The fourth-order valence-corrected chi connectivity index (χ4v) is 8.42. The summed E-state index contributed by atoms with van der Waals surface area (Å²) in [7, 11) is 13.3. The summed E-state index contributed by atoms with van der Waals surface area (Å²) in [6.07, 6.45) is 21.5. The summed E-state index contributed by atoms with van der Waals surface area (Å²) in [6.45, 7) is 30.6. The molecule has 0 heterocycles. The molecule has 0 aliphatic rings. The van der Waals surface area contributed by atoms with Gasteiger partial charge in [-0.2, -0.15) is 0 Å². The van der Waals surface area contributed by atoms with Crippen LogP contribution in [-0.2, 0) is 100 Å². The molecule has 0 aliphatic heterocycles. The second kappa shape index (κ2) is 109. The second-order valence-corrected chi connectivity index (χ2v) is 28.1. The zero-order valence-electron chi connectivity index (χ0n) is 78.6. The number of rotatable bonds is 53. The van der Waals surface area contributed by atoms with E-state index in [9.17, 15) is 76.7 Å². The molecular weight excluding hydrogens is 1610 g/mol. The fourth-order valence-electron chi connectivity index (χ4n) is 8.42. The van der Waals surface area contributed by atoms with Crippen molar-refractivity contribution in [1.82, 2.24) is 0 Å². The van der Waals surface area contributed by atoms with Gasteiger partial charge in [0.05, 0.1) is 54.9 Å². The minimum atomic E-state index is -0.0590. The van der Waals surface area contributed by atoms with Gasteiger partial charge in [0, 0.05) is 117 Å². The van der Waals surface area contributed by atoms with Crippen LogP contribution < -0.4 is 18.9 Å². The van der Waals surface area contributed by atoms with Gasteiger partial charge in [0.1, 0.15) is 107 Å². The molecule has 0 aromatic heterocycles. The molecule has 726 valence electrons. The van der Waals surface area contributed by atoms with E-state index in [-0.39, 0.29) is 137 Å². The molecule has 0 amide bonds. The molecule has 3 aromatic carbocycles. The Kier molecular flexibility index (Phi) is 127. The molecule has 0 bridgehead atoms. The molecule has 0 unspecified atom stereocenters. The Balaban J connectivity index is -0.0000000997. The number of ketones is 16. The van der Waals surface area contributed by atoms with Crippen LogP contribution in [0.3, 0.4) is 0 Å². The van der Waals surface area contributed by atoms with Crippen molar-refractivity contribution >= 4 is 92.5 Å². The van der Waals surface area contributed by atoms with Gasteiger partial charge in [-0.25, -0.2) is 0 Å². The molecule has 3 aromatic rings. The number of Topliss-reactive ketones (excluding diaryl/α,β-unsaturated/α-hetero) is 16. The van der Waals surface area contributed by atoms with Crippen LogP contribution in [-0.4, -0.2) is 215 Å². The largest absolute Gasteiger partial charge is 0.497 e. The number of carbonyl (C=O) groups is 16. The van der Waals surface area contributed by atoms with Crippen molar-refractivity contribution in [2.75, 3.05) is 123 Å². The number of aryl methyl sites for hydroxylation is 1. The first kappa shape index (κ1) is 145. The topological polar surface area (TPSA) is 375 Å². The first-order valence-electron chi connectivity index (χ1n) is 41.1. The van der Waals surface area contributed by atoms with E-state index < -0.39 is 0 Å². The van der Waals surface area contributed by atoms with E-state index in [1.165, 1.54) is 68.2 Å². The monoisotopic (exact) mass is 1780 g/mol. The van der Waals surface area contributed by atoms with E-state index in [0.717, 1.165) is 132 Å². The molecule has 3 rings (SSSR count). The Morgan fingerprint density at radius 1 is 0.216 bits per heavy atom. The van der Waals surface area contributed by atoms with Crippen molar-refractivity contribution in [3.8, 4) is 23.0 Å². The number of benzene rings is 3. The van der Waals surface area contributed by atoms with Gasteiger partial charge in [-0.1, -0.05) is 92.5 Å². The highest BCUT2D eigenvalue weighted by atomic mass is 16.5. The number of hydrogen-bond donors (Lipinski definition) is 0. The molecular formula is C98H172O27. The maximum absolute atomic E-state index is 10.8. The van der Waals surface area contributed by atoms with Crippen molar-refractivity contribution in [2.24, 2.45) is 0 Å². The number of carbonyl (C=O) groups excluding carboxylic acids is 16. The summed E-state index contributed by atoms with van der Waals surface area (Å²) in [5, 5.41) is 0. The summed E-state index contributed by atoms with van der Waals surface area (Å²) in [5.74, 6) is 5.38. The Morgan fingerprint density at radius 3 is 0.632 bits per heavy atom. The molecule has 0 saturated heterocycles. The third-order valence-electron chi connectivity index (χ3n) is 14.9. The highest BCUT2D eigenvalue weighted by Crippen LogP contribution is 2.22. The maximum Gasteiger partial charge on any atom is 0.159 e. The normalized spacial score (nSPS) is 9.16. The highest BCUT2D eigenvalue weighted by molar-refractivity contribution is 5.97. The van der Waals surface area contributed by atoms with E-state index in [4.69, 9.17) is 37.9 Å². The Labute approximate surface area is 755 Å². The SMILES string of the molecule is C.C.C.C.CC(=O)CCC(C)=O.CC(=O)CCCC(C)=O.CC(=O)CCCCC(C)=O.CC(=O)CCCCCCC(C)=O.CC(=O)CCCCCCCCC(C)=O.CC(=O)COCC(C)=O.CC(=O)COCCOCC(C)=O.CC(=O)c1ccc(C(C)=O)cc1.COCCCCOC.COCCOC.COc1ccc(OC)c(C)c1.COc1ccc(OC)cc1. The highest BCUT2D eigenvalue weighted by Gasteiger charge is 2.05. The predicted octanol–water partition coefficient (Wildman–Crippen LogP) is 19.9. The zero-order valence-corrected chi connectivity index (χ0v) is 78.6. The lowest BCUT2D eigenvalue weighted by molar-refractivity contribution is -0.127. The minimum Gasteiger partial charge on any atom is -0.497 e. The van der Waals surface area contributed by atoms with Gasteiger partial charge in [0.15, 0.2) is 34.7 Å². The second-order valence-electron chi connectivity index (χ2n) is 28.1. The lowest BCUT2D eigenvalue weighted by Crippen LogP contribution is -2.12. The molecule has 125 heavy (non-hydrogen) atoms. The summed E-state index contributed by atoms with van der Waals surface area (Å²) < 4.78 is 53.5. The lowest BCUT2D eigenvalue weighted by atomic mass is 10.1. The summed E-state index contributed by atoms with van der Waals surface area (Å²) >= 11 is 0. The molecule has 0 fully saturated rings. The molecule has 0 atom stereocenters. The van der Waals surface area contributed by atoms with Crippen LogP contribution >= 0.6 is 0 Å². The predicted molar refractivity (Wildman–Crippen MR) is 502 cm³/mol. The molecule has 0 saturated carbocycles. The van der Waals surface area contributed by atoms with Crippen LogP contribution in [0.15, 0.2) is 66.7 Å². The summed E-state index contributed by atoms with van der Waals surface area (Å²) in [5.41, 5.74) is 2.37. The van der Waals surface area contributed by atoms with Crippen molar-refractivity contribution in [3.63, 3.8) is 0 Å². The lowest BCUT2D eigenvalue weighted by Gasteiger charge is -2.05. The van der Waals surface area contributed by atoms with Crippen LogP contribution in [0.4, 0.5) is 0 Å². The van der Waals surface area contributed by atoms with Gasteiger partial charge in [-0.3, -0.25) is 28.8 Å². The third kappa shape index (κ3) is 144. The van der Waals surface area contributed by atoms with E-state index >= 15 is 0 Å². The first-order valence-corrected chi connectivity index (χ1v) is 41.1. The van der Waals surface area contributed by atoms with Crippen LogP contribution in [0.1, 0.15) is 327 Å². The van der Waals surface area contributed by atoms with E-state index in [0.29, 0.717) is 107 Å². The Bertz CT molecular complexity index is 2940. The van der Waals surface area contributed by atoms with Gasteiger partial charge in [0.25, 0.3) is 0 Å². The van der Waals surface area contributed by atoms with Gasteiger partial charge in [-0.15, -0.1) is 0 Å². The van der Waals surface area contributed by atoms with Crippen LogP contribution in [0, 0.1) is 6.92 Å². The Morgan fingerprint density at radius 2 is 0.432 bits per heavy atom. The van der Waals surface area contributed by atoms with Crippen LogP contribution in [0.25, 0.3) is 0 Å². The van der Waals surface area contributed by atoms with E-state index in [1.54, 1.807) is 137 Å². The molecule has 0 spiro atoms. The van der Waals surface area contributed by atoms with Crippen molar-refractivity contribution < 1.29 is 129 Å². The third-order valence-corrected chi connectivity index (χ3v) is 14.9.